The van der Waals surface area contributed by atoms with Gasteiger partial charge in [-0.3, -0.25) is 4.79 Å². The molecule has 0 unspecified atom stereocenters. The summed E-state index contributed by atoms with van der Waals surface area (Å²) >= 11 is 0. The van der Waals surface area contributed by atoms with Crippen LogP contribution in [0.15, 0.2) is 24.3 Å². The lowest BCUT2D eigenvalue weighted by atomic mass is 9.81. The zero-order valence-corrected chi connectivity index (χ0v) is 14.4. The van der Waals surface area contributed by atoms with Crippen LogP contribution in [0.4, 0.5) is 0 Å². The van der Waals surface area contributed by atoms with Gasteiger partial charge in [-0.1, -0.05) is 26.0 Å². The molecule has 0 aliphatic rings. The molecular weight excluding hydrogens is 278 g/mol. The van der Waals surface area contributed by atoms with Gasteiger partial charge in [0.25, 0.3) is 0 Å². The third-order valence-electron chi connectivity index (χ3n) is 4.84. The molecule has 1 amide bonds. The van der Waals surface area contributed by atoms with E-state index in [-0.39, 0.29) is 17.9 Å². The van der Waals surface area contributed by atoms with E-state index in [1.807, 2.05) is 52.0 Å². The van der Waals surface area contributed by atoms with Crippen molar-refractivity contribution in [2.24, 2.45) is 5.41 Å². The van der Waals surface area contributed by atoms with Crippen LogP contribution in [0, 0.1) is 5.41 Å². The molecule has 1 rings (SSSR count). The molecule has 124 valence electrons. The first-order chi connectivity index (χ1) is 10.3. The minimum atomic E-state index is -0.630. The summed E-state index contributed by atoms with van der Waals surface area (Å²) in [5.74, 6) is 0.744. The minimum absolute atomic E-state index is 0.0302. The highest BCUT2D eigenvalue weighted by Crippen LogP contribution is 2.28. The molecule has 0 aliphatic carbocycles. The number of benzene rings is 1. The summed E-state index contributed by atoms with van der Waals surface area (Å²) in [4.78, 5) is 12.6. The average molecular weight is 307 g/mol. The van der Waals surface area contributed by atoms with Gasteiger partial charge in [0.1, 0.15) is 5.75 Å². The standard InChI is InChI=1S/C18H29NO3/c1-6-18(7-2,13-20)12-19-16(21)17(3,4)14-8-10-15(22-5)11-9-14/h8-11,20H,6-7,12-13H2,1-5H3,(H,19,21). The first-order valence-corrected chi connectivity index (χ1v) is 7.89. The van der Waals surface area contributed by atoms with Crippen LogP contribution in [0.3, 0.4) is 0 Å². The molecule has 0 heterocycles. The van der Waals surface area contributed by atoms with Gasteiger partial charge in [0.05, 0.1) is 19.1 Å². The highest BCUT2D eigenvalue weighted by molar-refractivity contribution is 5.87. The van der Waals surface area contributed by atoms with E-state index in [1.54, 1.807) is 7.11 Å². The third-order valence-corrected chi connectivity index (χ3v) is 4.84. The van der Waals surface area contributed by atoms with Gasteiger partial charge in [0.2, 0.25) is 5.91 Å². The summed E-state index contributed by atoms with van der Waals surface area (Å²) in [6.07, 6.45) is 1.67. The lowest BCUT2D eigenvalue weighted by Crippen LogP contribution is -2.46. The number of carbonyl (C=O) groups is 1. The van der Waals surface area contributed by atoms with E-state index in [2.05, 4.69) is 5.32 Å². The van der Waals surface area contributed by atoms with E-state index in [1.165, 1.54) is 0 Å². The molecule has 0 aliphatic heterocycles. The summed E-state index contributed by atoms with van der Waals surface area (Å²) in [6.45, 7) is 8.48. The number of methoxy groups -OCH3 is 1. The number of aliphatic hydroxyl groups excluding tert-OH is 1. The highest BCUT2D eigenvalue weighted by Gasteiger charge is 2.32. The second-order valence-corrected chi connectivity index (χ2v) is 6.40. The highest BCUT2D eigenvalue weighted by atomic mass is 16.5. The van der Waals surface area contributed by atoms with Crippen LogP contribution in [-0.4, -0.2) is 31.3 Å². The lowest BCUT2D eigenvalue weighted by Gasteiger charge is -2.32. The first-order valence-electron chi connectivity index (χ1n) is 7.89. The maximum absolute atomic E-state index is 12.6. The smallest absolute Gasteiger partial charge is 0.230 e. The summed E-state index contributed by atoms with van der Waals surface area (Å²) in [6, 6.07) is 7.55. The number of carbonyl (C=O) groups excluding carboxylic acids is 1. The number of hydrogen-bond acceptors (Lipinski definition) is 3. The fourth-order valence-electron chi connectivity index (χ4n) is 2.41. The Bertz CT molecular complexity index is 467. The van der Waals surface area contributed by atoms with Gasteiger partial charge in [0, 0.05) is 12.0 Å². The zero-order chi connectivity index (χ0) is 16.8. The Labute approximate surface area is 133 Å². The van der Waals surface area contributed by atoms with Crippen LogP contribution < -0.4 is 10.1 Å². The SMILES string of the molecule is CCC(CC)(CO)CNC(=O)C(C)(C)c1ccc(OC)cc1. The number of rotatable bonds is 8. The predicted octanol–water partition coefficient (Wildman–Crippen LogP) is 2.89. The van der Waals surface area contributed by atoms with Crippen LogP contribution in [0.1, 0.15) is 46.1 Å². The third kappa shape index (κ3) is 4.01. The molecule has 1 aromatic rings. The van der Waals surface area contributed by atoms with Crippen molar-refractivity contribution in [2.75, 3.05) is 20.3 Å². The molecule has 0 spiro atoms. The van der Waals surface area contributed by atoms with Crippen LogP contribution in [-0.2, 0) is 10.2 Å². The number of nitrogens with one attached hydrogen (secondary N) is 1. The summed E-state index contributed by atoms with van der Waals surface area (Å²) in [5.41, 5.74) is 0.0778. The Morgan fingerprint density at radius 2 is 1.73 bits per heavy atom. The van der Waals surface area contributed by atoms with Gasteiger partial charge in [-0.15, -0.1) is 0 Å². The first kappa shape index (κ1) is 18.5. The molecule has 4 heteroatoms. The van der Waals surface area contributed by atoms with Crippen molar-refractivity contribution in [3.63, 3.8) is 0 Å². The molecule has 1 aromatic carbocycles. The minimum Gasteiger partial charge on any atom is -0.497 e. The Hall–Kier alpha value is -1.55. The van der Waals surface area contributed by atoms with Crippen molar-refractivity contribution in [3.05, 3.63) is 29.8 Å². The normalized spacial score (nSPS) is 12.1. The molecule has 0 bridgehead atoms. The van der Waals surface area contributed by atoms with E-state index >= 15 is 0 Å². The molecule has 2 N–H and O–H groups in total. The number of amides is 1. The van der Waals surface area contributed by atoms with Gasteiger partial charge in [-0.2, -0.15) is 0 Å². The molecule has 0 atom stereocenters. The van der Waals surface area contributed by atoms with E-state index in [0.717, 1.165) is 24.2 Å². The number of aliphatic hydroxyl groups is 1. The van der Waals surface area contributed by atoms with Crippen molar-refractivity contribution in [1.82, 2.24) is 5.32 Å². The van der Waals surface area contributed by atoms with Gasteiger partial charge in [0.15, 0.2) is 0 Å². The zero-order valence-electron chi connectivity index (χ0n) is 14.4. The summed E-state index contributed by atoms with van der Waals surface area (Å²) in [7, 11) is 1.62. The Morgan fingerprint density at radius 1 is 1.18 bits per heavy atom. The molecule has 0 saturated carbocycles. The Kier molecular flexibility index (Phi) is 6.42. The second-order valence-electron chi connectivity index (χ2n) is 6.40. The van der Waals surface area contributed by atoms with Crippen LogP contribution in [0.25, 0.3) is 0 Å². The van der Waals surface area contributed by atoms with Crippen molar-refractivity contribution in [3.8, 4) is 5.75 Å². The predicted molar refractivity (Wildman–Crippen MR) is 89.1 cm³/mol. The topological polar surface area (TPSA) is 58.6 Å². The van der Waals surface area contributed by atoms with Gasteiger partial charge >= 0.3 is 0 Å². The monoisotopic (exact) mass is 307 g/mol. The van der Waals surface area contributed by atoms with Crippen LogP contribution >= 0.6 is 0 Å². The summed E-state index contributed by atoms with van der Waals surface area (Å²) < 4.78 is 5.15. The average Bonchev–Trinajstić information content (AvgIpc) is 2.56. The fourth-order valence-corrected chi connectivity index (χ4v) is 2.41. The van der Waals surface area contributed by atoms with Crippen LogP contribution in [0.2, 0.25) is 0 Å². The molecule has 0 fully saturated rings. The Morgan fingerprint density at radius 3 is 2.14 bits per heavy atom. The van der Waals surface area contributed by atoms with Gasteiger partial charge in [-0.25, -0.2) is 0 Å². The molecular formula is C18H29NO3. The molecule has 22 heavy (non-hydrogen) atoms. The molecule has 0 aromatic heterocycles. The van der Waals surface area contributed by atoms with Crippen molar-refractivity contribution in [1.29, 1.82) is 0 Å². The molecule has 0 saturated heterocycles. The number of hydrogen-bond donors (Lipinski definition) is 2. The molecule has 0 radical (unpaired) electrons. The maximum Gasteiger partial charge on any atom is 0.230 e. The Balaban J connectivity index is 2.81. The second kappa shape index (κ2) is 7.63. The van der Waals surface area contributed by atoms with E-state index in [9.17, 15) is 9.90 Å². The largest absolute Gasteiger partial charge is 0.497 e. The summed E-state index contributed by atoms with van der Waals surface area (Å²) in [5, 5.41) is 12.6. The number of ether oxygens (including phenoxy) is 1. The maximum atomic E-state index is 12.6. The van der Waals surface area contributed by atoms with Crippen molar-refractivity contribution >= 4 is 5.91 Å². The van der Waals surface area contributed by atoms with Crippen molar-refractivity contribution in [2.45, 2.75) is 46.0 Å². The quantitative estimate of drug-likeness (QED) is 0.776. The van der Waals surface area contributed by atoms with Crippen LogP contribution in [0.5, 0.6) is 5.75 Å². The van der Waals surface area contributed by atoms with E-state index in [0.29, 0.717) is 6.54 Å². The molecule has 4 nitrogen and oxygen atoms in total. The lowest BCUT2D eigenvalue weighted by molar-refractivity contribution is -0.126. The van der Waals surface area contributed by atoms with Gasteiger partial charge < -0.3 is 15.2 Å². The fraction of sp³-hybridized carbons (Fsp3) is 0.611. The van der Waals surface area contributed by atoms with Crippen molar-refractivity contribution < 1.29 is 14.6 Å². The van der Waals surface area contributed by atoms with E-state index in [4.69, 9.17) is 4.74 Å². The van der Waals surface area contributed by atoms with Gasteiger partial charge in [-0.05, 0) is 44.4 Å². The van der Waals surface area contributed by atoms with E-state index < -0.39 is 5.41 Å².